The minimum Gasteiger partial charge on any atom is -0.331 e. The fourth-order valence-electron chi connectivity index (χ4n) is 1.92. The van der Waals surface area contributed by atoms with Crippen molar-refractivity contribution >= 4 is 35.1 Å². The van der Waals surface area contributed by atoms with Crippen molar-refractivity contribution in [1.82, 2.24) is 10.6 Å². The Labute approximate surface area is 84.9 Å². The highest BCUT2D eigenvalue weighted by Crippen LogP contribution is 2.55. The third kappa shape index (κ3) is 1.05. The van der Waals surface area contributed by atoms with Gasteiger partial charge in [0.15, 0.2) is 0 Å². The summed E-state index contributed by atoms with van der Waals surface area (Å²) in [7, 11) is 0. The number of fused-ring (bicyclic) bond motifs is 1. The number of alkyl halides is 2. The van der Waals surface area contributed by atoms with Gasteiger partial charge in [-0.1, -0.05) is 23.2 Å². The average molecular weight is 223 g/mol. The number of carbonyl (C=O) groups excluding carboxylic acids is 2. The van der Waals surface area contributed by atoms with E-state index in [-0.39, 0.29) is 5.91 Å². The molecule has 2 N–H and O–H groups in total. The lowest BCUT2D eigenvalue weighted by molar-refractivity contribution is -0.138. The van der Waals surface area contributed by atoms with E-state index in [0.29, 0.717) is 6.42 Å². The van der Waals surface area contributed by atoms with Crippen molar-refractivity contribution in [3.05, 3.63) is 0 Å². The summed E-state index contributed by atoms with van der Waals surface area (Å²) in [5, 5.41) is 4.72. The van der Waals surface area contributed by atoms with Crippen molar-refractivity contribution in [3.63, 3.8) is 0 Å². The second-order valence-corrected chi connectivity index (χ2v) is 5.26. The summed E-state index contributed by atoms with van der Waals surface area (Å²) >= 11 is 11.7. The highest BCUT2D eigenvalue weighted by molar-refractivity contribution is 6.50. The Morgan fingerprint density at radius 2 is 2.08 bits per heavy atom. The Balaban J connectivity index is 2.30. The number of rotatable bonds is 0. The molecule has 2 atom stereocenters. The van der Waals surface area contributed by atoms with Crippen LogP contribution in [0, 0.1) is 5.41 Å². The summed E-state index contributed by atoms with van der Waals surface area (Å²) in [6, 6.07) is -1.01. The van der Waals surface area contributed by atoms with E-state index in [4.69, 9.17) is 23.2 Å². The molecule has 2 fully saturated rings. The van der Waals surface area contributed by atoms with Crippen LogP contribution in [0.4, 0.5) is 4.79 Å². The molecule has 2 unspecified atom stereocenters. The molecule has 1 aliphatic carbocycles. The van der Waals surface area contributed by atoms with Gasteiger partial charge in [-0.05, 0) is 13.3 Å². The number of nitrogens with one attached hydrogen (secondary N) is 2. The van der Waals surface area contributed by atoms with Gasteiger partial charge >= 0.3 is 6.03 Å². The van der Waals surface area contributed by atoms with E-state index in [1.165, 1.54) is 0 Å². The molecule has 0 spiro atoms. The van der Waals surface area contributed by atoms with Crippen LogP contribution in [-0.4, -0.2) is 22.3 Å². The van der Waals surface area contributed by atoms with E-state index in [9.17, 15) is 9.59 Å². The fraction of sp³-hybridized carbons (Fsp3) is 0.714. The SMILES string of the molecule is CC12CC(Cl)(Cl)C1NC(=O)NC2=O. The molecule has 6 heteroatoms. The van der Waals surface area contributed by atoms with Crippen molar-refractivity contribution in [2.45, 2.75) is 23.7 Å². The molecule has 0 aromatic carbocycles. The molecule has 0 aromatic heterocycles. The normalized spacial score (nSPS) is 41.3. The van der Waals surface area contributed by atoms with Crippen LogP contribution in [0.2, 0.25) is 0 Å². The smallest absolute Gasteiger partial charge is 0.321 e. The molecule has 0 bridgehead atoms. The highest BCUT2D eigenvalue weighted by Gasteiger charge is 2.66. The van der Waals surface area contributed by atoms with Crippen molar-refractivity contribution in [2.75, 3.05) is 0 Å². The first-order valence-corrected chi connectivity index (χ1v) is 4.62. The molecule has 3 amide bonds. The highest BCUT2D eigenvalue weighted by atomic mass is 35.5. The molecule has 0 aromatic rings. The molecular formula is C7H8Cl2N2O2. The van der Waals surface area contributed by atoms with Crippen LogP contribution in [0.3, 0.4) is 0 Å². The monoisotopic (exact) mass is 222 g/mol. The largest absolute Gasteiger partial charge is 0.331 e. The second kappa shape index (κ2) is 2.30. The standard InChI is InChI=1S/C7H8Cl2N2O2/c1-6-2-7(8,9)3(6)10-5(13)11-4(6)12/h3H,2H2,1H3,(H2,10,11,12,13). The van der Waals surface area contributed by atoms with Gasteiger partial charge in [-0.2, -0.15) is 0 Å². The molecule has 1 aliphatic heterocycles. The summed E-state index contributed by atoms with van der Waals surface area (Å²) in [6.45, 7) is 1.73. The van der Waals surface area contributed by atoms with Gasteiger partial charge in [0.05, 0.1) is 11.5 Å². The van der Waals surface area contributed by atoms with Crippen LogP contribution in [0.25, 0.3) is 0 Å². The van der Waals surface area contributed by atoms with Crippen LogP contribution in [0.5, 0.6) is 0 Å². The van der Waals surface area contributed by atoms with E-state index in [2.05, 4.69) is 10.6 Å². The number of urea groups is 1. The van der Waals surface area contributed by atoms with Gasteiger partial charge in [0.25, 0.3) is 0 Å². The minimum absolute atomic E-state index is 0.307. The van der Waals surface area contributed by atoms with E-state index in [1.807, 2.05) is 0 Å². The van der Waals surface area contributed by atoms with Gasteiger partial charge < -0.3 is 5.32 Å². The first-order chi connectivity index (χ1) is 5.86. The van der Waals surface area contributed by atoms with Gasteiger partial charge in [0.1, 0.15) is 4.33 Å². The van der Waals surface area contributed by atoms with Gasteiger partial charge in [-0.25, -0.2) is 4.79 Å². The zero-order valence-corrected chi connectivity index (χ0v) is 8.37. The maximum absolute atomic E-state index is 11.4. The first kappa shape index (κ1) is 9.09. The lowest BCUT2D eigenvalue weighted by Gasteiger charge is -2.56. The molecule has 0 radical (unpaired) electrons. The van der Waals surface area contributed by atoms with Crippen LogP contribution in [0.1, 0.15) is 13.3 Å². The Bertz CT molecular complexity index is 305. The third-order valence-electron chi connectivity index (χ3n) is 2.68. The van der Waals surface area contributed by atoms with Crippen molar-refractivity contribution < 1.29 is 9.59 Å². The molecule has 4 nitrogen and oxygen atoms in total. The first-order valence-electron chi connectivity index (χ1n) is 3.86. The zero-order valence-electron chi connectivity index (χ0n) is 6.86. The minimum atomic E-state index is -1.01. The summed E-state index contributed by atoms with van der Waals surface area (Å²) < 4.78 is -1.01. The molecule has 13 heavy (non-hydrogen) atoms. The number of amides is 3. The Morgan fingerprint density at radius 3 is 2.62 bits per heavy atom. The number of halogens is 2. The van der Waals surface area contributed by atoms with Gasteiger partial charge in [-0.15, -0.1) is 0 Å². The molecule has 1 heterocycles. The van der Waals surface area contributed by atoms with Crippen LogP contribution in [-0.2, 0) is 4.79 Å². The maximum atomic E-state index is 11.4. The van der Waals surface area contributed by atoms with E-state index in [0.717, 1.165) is 0 Å². The average Bonchev–Trinajstić information content (AvgIpc) is 1.97. The van der Waals surface area contributed by atoms with E-state index < -0.39 is 21.8 Å². The Hall–Kier alpha value is -0.480. The number of carbonyl (C=O) groups is 2. The maximum Gasteiger partial charge on any atom is 0.321 e. The predicted molar refractivity (Wildman–Crippen MR) is 47.6 cm³/mol. The van der Waals surface area contributed by atoms with Gasteiger partial charge in [-0.3, -0.25) is 10.1 Å². The summed E-state index contributed by atoms with van der Waals surface area (Å²) in [5.74, 6) is -0.307. The van der Waals surface area contributed by atoms with Gasteiger partial charge in [0, 0.05) is 0 Å². The van der Waals surface area contributed by atoms with Crippen molar-refractivity contribution in [2.24, 2.45) is 5.41 Å². The summed E-state index contributed by atoms with van der Waals surface area (Å²) in [4.78, 5) is 22.3. The fourth-order valence-corrected chi connectivity index (χ4v) is 3.06. The molecule has 1 saturated heterocycles. The Kier molecular flexibility index (Phi) is 1.61. The number of hydrogen-bond acceptors (Lipinski definition) is 2. The second-order valence-electron chi connectivity index (χ2n) is 3.72. The van der Waals surface area contributed by atoms with E-state index in [1.54, 1.807) is 6.92 Å². The van der Waals surface area contributed by atoms with Crippen LogP contribution < -0.4 is 10.6 Å². The molecule has 2 rings (SSSR count). The number of hydrogen-bond donors (Lipinski definition) is 2. The summed E-state index contributed by atoms with van der Waals surface area (Å²) in [5.41, 5.74) is -0.655. The third-order valence-corrected chi connectivity index (χ3v) is 3.39. The lowest BCUT2D eigenvalue weighted by Crippen LogP contribution is -2.76. The topological polar surface area (TPSA) is 58.2 Å². The van der Waals surface area contributed by atoms with Crippen molar-refractivity contribution in [3.8, 4) is 0 Å². The predicted octanol–water partition coefficient (Wildman–Crippen LogP) is 0.778. The lowest BCUT2D eigenvalue weighted by atomic mass is 9.63. The summed E-state index contributed by atoms with van der Waals surface area (Å²) in [6.07, 6.45) is 0.361. The quantitative estimate of drug-likeness (QED) is 0.596. The number of imide groups is 1. The molecule has 1 saturated carbocycles. The van der Waals surface area contributed by atoms with Crippen LogP contribution >= 0.6 is 23.2 Å². The zero-order chi connectivity index (χ0) is 9.85. The van der Waals surface area contributed by atoms with E-state index >= 15 is 0 Å². The molecule has 2 aliphatic rings. The molecule has 72 valence electrons. The van der Waals surface area contributed by atoms with Crippen molar-refractivity contribution in [1.29, 1.82) is 0 Å². The van der Waals surface area contributed by atoms with Crippen LogP contribution in [0.15, 0.2) is 0 Å². The molecular weight excluding hydrogens is 215 g/mol. The Morgan fingerprint density at radius 1 is 1.46 bits per heavy atom. The van der Waals surface area contributed by atoms with Gasteiger partial charge in [0.2, 0.25) is 5.91 Å².